The number of ether oxygens (including phenoxy) is 3. The predicted octanol–water partition coefficient (Wildman–Crippen LogP) is 2.36. The summed E-state index contributed by atoms with van der Waals surface area (Å²) < 4.78 is 41.2. The van der Waals surface area contributed by atoms with Gasteiger partial charge >= 0.3 is 0 Å². The number of carbonyl (C=O) groups excluding carboxylic acids is 1. The molecular formula is C20H26N2O6S. The quantitative estimate of drug-likeness (QED) is 0.667. The molecule has 1 N–H and O–H groups in total. The predicted molar refractivity (Wildman–Crippen MR) is 111 cm³/mol. The van der Waals surface area contributed by atoms with Gasteiger partial charge in [0.1, 0.15) is 12.3 Å². The van der Waals surface area contributed by atoms with E-state index in [4.69, 9.17) is 14.2 Å². The van der Waals surface area contributed by atoms with E-state index in [0.717, 1.165) is 16.1 Å². The SMILES string of the molecule is COc1ccc([C@@H](C)NC(=O)CN(c2ccc(OC)c(OC)c2)S(C)(=O)=O)cc1. The zero-order chi connectivity index (χ0) is 21.6. The Kier molecular flexibility index (Phi) is 7.33. The molecule has 2 rings (SSSR count). The molecule has 0 unspecified atom stereocenters. The van der Waals surface area contributed by atoms with Gasteiger partial charge in [-0.2, -0.15) is 0 Å². The molecule has 9 heteroatoms. The summed E-state index contributed by atoms with van der Waals surface area (Å²) in [4.78, 5) is 12.6. The number of benzene rings is 2. The van der Waals surface area contributed by atoms with Crippen LogP contribution in [0.5, 0.6) is 17.2 Å². The number of methoxy groups -OCH3 is 3. The van der Waals surface area contributed by atoms with Gasteiger partial charge in [-0.15, -0.1) is 0 Å². The Morgan fingerprint density at radius 2 is 1.62 bits per heavy atom. The molecular weight excluding hydrogens is 396 g/mol. The van der Waals surface area contributed by atoms with Crippen LogP contribution >= 0.6 is 0 Å². The molecule has 8 nitrogen and oxygen atoms in total. The second-order valence-corrected chi connectivity index (χ2v) is 8.28. The summed E-state index contributed by atoms with van der Waals surface area (Å²) >= 11 is 0. The van der Waals surface area contributed by atoms with E-state index in [2.05, 4.69) is 5.32 Å². The average molecular weight is 423 g/mol. The number of nitrogens with one attached hydrogen (secondary N) is 1. The third-order valence-corrected chi connectivity index (χ3v) is 5.48. The van der Waals surface area contributed by atoms with Gasteiger partial charge in [0, 0.05) is 6.07 Å². The maximum Gasteiger partial charge on any atom is 0.241 e. The minimum absolute atomic E-state index is 0.303. The molecule has 158 valence electrons. The lowest BCUT2D eigenvalue weighted by Gasteiger charge is -2.24. The number of rotatable bonds is 9. The van der Waals surface area contributed by atoms with Crippen LogP contribution in [0.2, 0.25) is 0 Å². The largest absolute Gasteiger partial charge is 0.497 e. The minimum Gasteiger partial charge on any atom is -0.497 e. The van der Waals surface area contributed by atoms with Crippen LogP contribution in [-0.4, -0.2) is 48.5 Å². The molecule has 0 fully saturated rings. The first-order chi connectivity index (χ1) is 13.7. The standard InChI is InChI=1S/C20H26N2O6S/c1-14(15-6-9-17(26-2)10-7-15)21-20(23)13-22(29(5,24)25)16-8-11-18(27-3)19(12-16)28-4/h6-12,14H,13H2,1-5H3,(H,21,23)/t14-/m1/s1. The van der Waals surface area contributed by atoms with Crippen molar-refractivity contribution in [1.29, 1.82) is 0 Å². The van der Waals surface area contributed by atoms with E-state index >= 15 is 0 Å². The average Bonchev–Trinajstić information content (AvgIpc) is 2.70. The zero-order valence-electron chi connectivity index (χ0n) is 17.1. The van der Waals surface area contributed by atoms with Crippen LogP contribution in [0.3, 0.4) is 0 Å². The number of hydrogen-bond acceptors (Lipinski definition) is 6. The Morgan fingerprint density at radius 3 is 2.14 bits per heavy atom. The summed E-state index contributed by atoms with van der Waals surface area (Å²) in [5.74, 6) is 1.10. The molecule has 0 aliphatic carbocycles. The van der Waals surface area contributed by atoms with E-state index in [1.165, 1.54) is 20.3 Å². The van der Waals surface area contributed by atoms with Crippen molar-refractivity contribution in [1.82, 2.24) is 5.32 Å². The highest BCUT2D eigenvalue weighted by Gasteiger charge is 2.23. The Bertz CT molecular complexity index is 944. The molecule has 0 saturated heterocycles. The number of amides is 1. The van der Waals surface area contributed by atoms with Gasteiger partial charge in [-0.3, -0.25) is 9.10 Å². The van der Waals surface area contributed by atoms with E-state index in [-0.39, 0.29) is 12.6 Å². The number of hydrogen-bond donors (Lipinski definition) is 1. The highest BCUT2D eigenvalue weighted by atomic mass is 32.2. The Labute approximate surface area is 171 Å². The Morgan fingerprint density at radius 1 is 1.00 bits per heavy atom. The molecule has 0 saturated carbocycles. The van der Waals surface area contributed by atoms with Crippen molar-refractivity contribution in [3.8, 4) is 17.2 Å². The normalized spacial score (nSPS) is 12.0. The summed E-state index contributed by atoms with van der Waals surface area (Å²) in [5.41, 5.74) is 1.17. The second kappa shape index (κ2) is 9.51. The molecule has 1 atom stereocenters. The van der Waals surface area contributed by atoms with Crippen LogP contribution in [0.1, 0.15) is 18.5 Å². The van der Waals surface area contributed by atoms with Crippen LogP contribution < -0.4 is 23.8 Å². The first kappa shape index (κ1) is 22.4. The molecule has 0 aliphatic rings. The zero-order valence-corrected chi connectivity index (χ0v) is 17.9. The lowest BCUT2D eigenvalue weighted by atomic mass is 10.1. The van der Waals surface area contributed by atoms with Crippen molar-refractivity contribution in [3.05, 3.63) is 48.0 Å². The van der Waals surface area contributed by atoms with E-state index < -0.39 is 15.9 Å². The Hall–Kier alpha value is -2.94. The second-order valence-electron chi connectivity index (χ2n) is 6.37. The summed E-state index contributed by atoms with van der Waals surface area (Å²) in [5, 5.41) is 2.82. The summed E-state index contributed by atoms with van der Waals surface area (Å²) in [6.07, 6.45) is 1.05. The first-order valence-corrected chi connectivity index (χ1v) is 10.7. The van der Waals surface area contributed by atoms with Crippen molar-refractivity contribution in [2.45, 2.75) is 13.0 Å². The minimum atomic E-state index is -3.71. The van der Waals surface area contributed by atoms with Crippen LogP contribution in [0.15, 0.2) is 42.5 Å². The van der Waals surface area contributed by atoms with Crippen molar-refractivity contribution >= 4 is 21.6 Å². The molecule has 0 heterocycles. The molecule has 2 aromatic carbocycles. The molecule has 0 spiro atoms. The number of nitrogens with zero attached hydrogens (tertiary/aromatic N) is 1. The van der Waals surface area contributed by atoms with Gasteiger partial charge < -0.3 is 19.5 Å². The summed E-state index contributed by atoms with van der Waals surface area (Å²) in [6, 6.07) is 11.6. The van der Waals surface area contributed by atoms with Crippen molar-refractivity contribution in [2.75, 3.05) is 38.4 Å². The van der Waals surface area contributed by atoms with Crippen molar-refractivity contribution < 1.29 is 27.4 Å². The van der Waals surface area contributed by atoms with E-state index in [9.17, 15) is 13.2 Å². The third-order valence-electron chi connectivity index (χ3n) is 4.34. The monoisotopic (exact) mass is 422 g/mol. The van der Waals surface area contributed by atoms with Crippen LogP contribution in [0.4, 0.5) is 5.69 Å². The van der Waals surface area contributed by atoms with Gasteiger partial charge in [-0.05, 0) is 36.8 Å². The van der Waals surface area contributed by atoms with Gasteiger partial charge in [0.05, 0.1) is 39.3 Å². The van der Waals surface area contributed by atoms with E-state index in [1.807, 2.05) is 19.1 Å². The number of carbonyl (C=O) groups is 1. The van der Waals surface area contributed by atoms with Crippen LogP contribution in [0, 0.1) is 0 Å². The first-order valence-electron chi connectivity index (χ1n) is 8.82. The molecule has 0 aliphatic heterocycles. The molecule has 0 aromatic heterocycles. The molecule has 0 radical (unpaired) electrons. The highest BCUT2D eigenvalue weighted by Crippen LogP contribution is 2.32. The lowest BCUT2D eigenvalue weighted by molar-refractivity contribution is -0.120. The Balaban J connectivity index is 2.18. The molecule has 2 aromatic rings. The highest BCUT2D eigenvalue weighted by molar-refractivity contribution is 7.92. The van der Waals surface area contributed by atoms with Gasteiger partial charge in [0.25, 0.3) is 0 Å². The van der Waals surface area contributed by atoms with Crippen molar-refractivity contribution in [2.24, 2.45) is 0 Å². The molecule has 1 amide bonds. The summed E-state index contributed by atoms with van der Waals surface area (Å²) in [7, 11) is 0.810. The lowest BCUT2D eigenvalue weighted by Crippen LogP contribution is -2.41. The molecule has 29 heavy (non-hydrogen) atoms. The smallest absolute Gasteiger partial charge is 0.241 e. The van der Waals surface area contributed by atoms with E-state index in [0.29, 0.717) is 22.9 Å². The van der Waals surface area contributed by atoms with Gasteiger partial charge in [-0.25, -0.2) is 8.42 Å². The van der Waals surface area contributed by atoms with Gasteiger partial charge in [0.2, 0.25) is 15.9 Å². The summed E-state index contributed by atoms with van der Waals surface area (Å²) in [6.45, 7) is 1.45. The van der Waals surface area contributed by atoms with Crippen molar-refractivity contribution in [3.63, 3.8) is 0 Å². The fourth-order valence-electron chi connectivity index (χ4n) is 2.77. The van der Waals surface area contributed by atoms with Crippen LogP contribution in [-0.2, 0) is 14.8 Å². The fraction of sp³-hybridized carbons (Fsp3) is 0.350. The maximum atomic E-state index is 12.6. The van der Waals surface area contributed by atoms with E-state index in [1.54, 1.807) is 31.4 Å². The molecule has 0 bridgehead atoms. The maximum absolute atomic E-state index is 12.6. The number of sulfonamides is 1. The topological polar surface area (TPSA) is 94.2 Å². The van der Waals surface area contributed by atoms with Gasteiger partial charge in [-0.1, -0.05) is 12.1 Å². The fourth-order valence-corrected chi connectivity index (χ4v) is 3.62. The van der Waals surface area contributed by atoms with Crippen LogP contribution in [0.25, 0.3) is 0 Å². The van der Waals surface area contributed by atoms with Gasteiger partial charge in [0.15, 0.2) is 11.5 Å². The number of anilines is 1. The third kappa shape index (κ3) is 5.77.